The van der Waals surface area contributed by atoms with Crippen molar-refractivity contribution in [3.8, 4) is 11.3 Å². The summed E-state index contributed by atoms with van der Waals surface area (Å²) in [4.78, 5) is 0. The molecule has 0 radical (unpaired) electrons. The number of anilines is 1. The molecule has 3 N–H and O–H groups in total. The van der Waals surface area contributed by atoms with Crippen LogP contribution in [-0.2, 0) is 6.42 Å². The van der Waals surface area contributed by atoms with Gasteiger partial charge >= 0.3 is 0 Å². The minimum absolute atomic E-state index is 0.517. The Morgan fingerprint density at radius 2 is 2.13 bits per heavy atom. The summed E-state index contributed by atoms with van der Waals surface area (Å²) in [6.45, 7) is 2.13. The number of H-pyrrole nitrogens is 1. The number of benzene rings is 1. The van der Waals surface area contributed by atoms with Gasteiger partial charge in [-0.1, -0.05) is 22.9 Å². The molecule has 0 aliphatic heterocycles. The van der Waals surface area contributed by atoms with Crippen LogP contribution in [0.5, 0.6) is 0 Å². The van der Waals surface area contributed by atoms with Gasteiger partial charge in [-0.05, 0) is 30.2 Å². The maximum absolute atomic E-state index is 5.57. The quantitative estimate of drug-likeness (QED) is 0.877. The van der Waals surface area contributed by atoms with E-state index in [0.29, 0.717) is 5.82 Å². The van der Waals surface area contributed by atoms with Gasteiger partial charge in [-0.2, -0.15) is 5.10 Å². The van der Waals surface area contributed by atoms with Crippen LogP contribution in [0.2, 0.25) is 0 Å². The summed E-state index contributed by atoms with van der Waals surface area (Å²) < 4.78 is 1.07. The minimum atomic E-state index is 0.517. The molecule has 0 saturated carbocycles. The highest BCUT2D eigenvalue weighted by Crippen LogP contribution is 2.24. The van der Waals surface area contributed by atoms with E-state index < -0.39 is 0 Å². The van der Waals surface area contributed by atoms with Crippen molar-refractivity contribution in [2.24, 2.45) is 0 Å². The molecule has 1 aromatic heterocycles. The van der Waals surface area contributed by atoms with E-state index in [2.05, 4.69) is 45.2 Å². The number of nitrogens with two attached hydrogens (primary N) is 1. The van der Waals surface area contributed by atoms with Crippen LogP contribution < -0.4 is 5.73 Å². The number of nitrogens with zero attached hydrogens (tertiary/aromatic N) is 1. The first-order valence-corrected chi connectivity index (χ1v) is 5.59. The highest BCUT2D eigenvalue weighted by Gasteiger charge is 2.03. The van der Waals surface area contributed by atoms with Crippen molar-refractivity contribution in [3.63, 3.8) is 0 Å². The molecule has 0 atom stereocenters. The molecule has 1 aromatic carbocycles. The smallest absolute Gasteiger partial charge is 0.145 e. The van der Waals surface area contributed by atoms with Gasteiger partial charge in [0.05, 0.1) is 5.69 Å². The minimum Gasteiger partial charge on any atom is -0.382 e. The van der Waals surface area contributed by atoms with Crippen LogP contribution in [0.4, 0.5) is 5.82 Å². The summed E-state index contributed by atoms with van der Waals surface area (Å²) in [7, 11) is 0. The van der Waals surface area contributed by atoms with Crippen LogP contribution >= 0.6 is 15.9 Å². The van der Waals surface area contributed by atoms with Crippen molar-refractivity contribution >= 4 is 21.7 Å². The second-order valence-corrected chi connectivity index (χ2v) is 4.32. The maximum atomic E-state index is 5.57. The highest BCUT2D eigenvalue weighted by atomic mass is 79.9. The van der Waals surface area contributed by atoms with Crippen LogP contribution in [0.25, 0.3) is 11.3 Å². The third kappa shape index (κ3) is 2.21. The third-order valence-corrected chi connectivity index (χ3v) is 2.73. The molecule has 15 heavy (non-hydrogen) atoms. The van der Waals surface area contributed by atoms with Crippen LogP contribution in [0.3, 0.4) is 0 Å². The first kappa shape index (κ1) is 10.2. The molecule has 3 nitrogen and oxygen atoms in total. The molecular formula is C11H12BrN3. The monoisotopic (exact) mass is 265 g/mol. The largest absolute Gasteiger partial charge is 0.382 e. The number of halogens is 1. The fraction of sp³-hybridized carbons (Fsp3) is 0.182. The molecule has 2 aromatic rings. The van der Waals surface area contributed by atoms with Gasteiger partial charge in [0, 0.05) is 16.1 Å². The van der Waals surface area contributed by atoms with Crippen LogP contribution in [0.1, 0.15) is 12.5 Å². The number of aromatic nitrogens is 2. The number of nitrogen functional groups attached to an aromatic ring is 1. The number of rotatable bonds is 2. The van der Waals surface area contributed by atoms with E-state index in [1.165, 1.54) is 5.56 Å². The predicted molar refractivity (Wildman–Crippen MR) is 65.5 cm³/mol. The molecule has 0 amide bonds. The summed E-state index contributed by atoms with van der Waals surface area (Å²) >= 11 is 3.49. The average Bonchev–Trinajstić information content (AvgIpc) is 2.64. The normalized spacial score (nSPS) is 10.5. The standard InChI is InChI=1S/C11H12BrN3/c1-2-7-3-8(5-9(12)4-7)10-6-11(13)15-14-10/h3-6H,2H2,1H3,(H3,13,14,15). The molecule has 1 heterocycles. The lowest BCUT2D eigenvalue weighted by atomic mass is 10.1. The van der Waals surface area contributed by atoms with Gasteiger partial charge < -0.3 is 5.73 Å². The number of hydrogen-bond donors (Lipinski definition) is 2. The van der Waals surface area contributed by atoms with Gasteiger partial charge in [-0.15, -0.1) is 0 Å². The van der Waals surface area contributed by atoms with Crippen molar-refractivity contribution in [1.82, 2.24) is 10.2 Å². The fourth-order valence-corrected chi connectivity index (χ4v) is 2.04. The lowest BCUT2D eigenvalue weighted by Gasteiger charge is -2.02. The molecule has 78 valence electrons. The Bertz CT molecular complexity index is 476. The van der Waals surface area contributed by atoms with E-state index in [0.717, 1.165) is 22.2 Å². The Hall–Kier alpha value is -1.29. The molecule has 0 aliphatic carbocycles. The average molecular weight is 266 g/mol. The number of aromatic amines is 1. The van der Waals surface area contributed by atoms with E-state index in [4.69, 9.17) is 5.73 Å². The van der Waals surface area contributed by atoms with E-state index in [-0.39, 0.29) is 0 Å². The van der Waals surface area contributed by atoms with Gasteiger partial charge in [0.15, 0.2) is 0 Å². The van der Waals surface area contributed by atoms with Gasteiger partial charge in [0.2, 0.25) is 0 Å². The summed E-state index contributed by atoms with van der Waals surface area (Å²) in [5.41, 5.74) is 8.91. The molecule has 0 aliphatic rings. The van der Waals surface area contributed by atoms with Gasteiger partial charge in [0.1, 0.15) is 5.82 Å². The Labute approximate surface area is 96.8 Å². The Kier molecular flexibility index (Phi) is 2.77. The van der Waals surface area contributed by atoms with Crippen molar-refractivity contribution in [3.05, 3.63) is 34.3 Å². The molecule has 0 unspecified atom stereocenters. The first-order valence-electron chi connectivity index (χ1n) is 4.79. The van der Waals surface area contributed by atoms with Crippen molar-refractivity contribution in [2.75, 3.05) is 5.73 Å². The second kappa shape index (κ2) is 4.06. The fourth-order valence-electron chi connectivity index (χ4n) is 1.50. The lowest BCUT2D eigenvalue weighted by molar-refractivity contribution is 1.10. The number of nitrogens with one attached hydrogen (secondary N) is 1. The second-order valence-electron chi connectivity index (χ2n) is 3.41. The molecule has 0 saturated heterocycles. The number of aryl methyl sites for hydroxylation is 1. The summed E-state index contributed by atoms with van der Waals surface area (Å²) in [5, 5.41) is 6.82. The van der Waals surface area contributed by atoms with Crippen molar-refractivity contribution in [2.45, 2.75) is 13.3 Å². The van der Waals surface area contributed by atoms with Crippen LogP contribution in [0.15, 0.2) is 28.7 Å². The topological polar surface area (TPSA) is 54.7 Å². The SMILES string of the molecule is CCc1cc(Br)cc(-c2cc(N)n[nH]2)c1. The number of hydrogen-bond acceptors (Lipinski definition) is 2. The molecule has 0 spiro atoms. The third-order valence-electron chi connectivity index (χ3n) is 2.27. The molecular weight excluding hydrogens is 254 g/mol. The summed E-state index contributed by atoms with van der Waals surface area (Å²) in [6, 6.07) is 8.13. The highest BCUT2D eigenvalue weighted by molar-refractivity contribution is 9.10. The summed E-state index contributed by atoms with van der Waals surface area (Å²) in [6.07, 6.45) is 1.01. The van der Waals surface area contributed by atoms with Crippen molar-refractivity contribution in [1.29, 1.82) is 0 Å². The molecule has 0 bridgehead atoms. The van der Waals surface area contributed by atoms with E-state index in [1.54, 1.807) is 0 Å². The zero-order chi connectivity index (χ0) is 10.8. The van der Waals surface area contributed by atoms with Gasteiger partial charge in [-0.3, -0.25) is 5.10 Å². The zero-order valence-electron chi connectivity index (χ0n) is 8.42. The maximum Gasteiger partial charge on any atom is 0.145 e. The van der Waals surface area contributed by atoms with E-state index in [1.807, 2.05) is 12.1 Å². The van der Waals surface area contributed by atoms with Gasteiger partial charge in [-0.25, -0.2) is 0 Å². The summed E-state index contributed by atoms with van der Waals surface area (Å²) in [5.74, 6) is 0.517. The van der Waals surface area contributed by atoms with E-state index in [9.17, 15) is 0 Å². The Balaban J connectivity index is 2.48. The zero-order valence-corrected chi connectivity index (χ0v) is 10.0. The lowest BCUT2D eigenvalue weighted by Crippen LogP contribution is -1.84. The molecule has 0 fully saturated rings. The van der Waals surface area contributed by atoms with Crippen LogP contribution in [-0.4, -0.2) is 10.2 Å². The van der Waals surface area contributed by atoms with Gasteiger partial charge in [0.25, 0.3) is 0 Å². The first-order chi connectivity index (χ1) is 7.19. The molecule has 4 heteroatoms. The van der Waals surface area contributed by atoms with Crippen LogP contribution in [0, 0.1) is 0 Å². The Morgan fingerprint density at radius 1 is 1.33 bits per heavy atom. The van der Waals surface area contributed by atoms with Crippen molar-refractivity contribution < 1.29 is 0 Å². The Morgan fingerprint density at radius 3 is 2.73 bits per heavy atom. The van der Waals surface area contributed by atoms with E-state index >= 15 is 0 Å². The molecule has 2 rings (SSSR count). The predicted octanol–water partition coefficient (Wildman–Crippen LogP) is 2.98.